The zero-order chi connectivity index (χ0) is 10.8. The summed E-state index contributed by atoms with van der Waals surface area (Å²) >= 11 is 0. The predicted molar refractivity (Wildman–Crippen MR) is 56.2 cm³/mol. The fourth-order valence-electron chi connectivity index (χ4n) is 3.06. The van der Waals surface area contributed by atoms with Crippen LogP contribution in [0.3, 0.4) is 0 Å². The number of rotatable bonds is 0. The van der Waals surface area contributed by atoms with Crippen LogP contribution in [0.25, 0.3) is 0 Å². The largest absolute Gasteiger partial charge is 0.362 e. The molecule has 74 valence electrons. The first kappa shape index (κ1) is 10.6. The molecule has 0 amide bonds. The molecule has 4 radical (unpaired) electrons. The second-order valence-corrected chi connectivity index (χ2v) is 5.95. The molecule has 1 saturated carbocycles. The molecule has 1 saturated heterocycles. The Bertz CT molecular complexity index is 237. The molecule has 2 aliphatic rings. The van der Waals surface area contributed by atoms with E-state index >= 15 is 0 Å². The maximum atomic E-state index is 5.64. The average molecular weight is 190 g/mol. The molecule has 14 heavy (non-hydrogen) atoms. The van der Waals surface area contributed by atoms with E-state index in [9.17, 15) is 0 Å². The summed E-state index contributed by atoms with van der Waals surface area (Å²) in [5.74, 6) is 0. The number of fused-ring (bicyclic) bond motifs is 1. The zero-order valence-electron chi connectivity index (χ0n) is 9.33. The van der Waals surface area contributed by atoms with Crippen LogP contribution in [0.4, 0.5) is 0 Å². The van der Waals surface area contributed by atoms with E-state index in [1.54, 1.807) is 0 Å². The van der Waals surface area contributed by atoms with Crippen LogP contribution in [0, 0.1) is 10.8 Å². The van der Waals surface area contributed by atoms with E-state index in [2.05, 4.69) is 27.7 Å². The van der Waals surface area contributed by atoms with Gasteiger partial charge < -0.3 is 9.47 Å². The molecule has 2 fully saturated rings. The van der Waals surface area contributed by atoms with E-state index in [1.807, 2.05) is 0 Å². The quantitative estimate of drug-likeness (QED) is 0.533. The first-order valence-electron chi connectivity index (χ1n) is 5.07. The third-order valence-electron chi connectivity index (χ3n) is 3.35. The Labute approximate surface area is 88.5 Å². The third kappa shape index (κ3) is 1.43. The van der Waals surface area contributed by atoms with Gasteiger partial charge in [-0.1, -0.05) is 27.7 Å². The molecule has 2 unspecified atom stereocenters. The lowest BCUT2D eigenvalue weighted by Gasteiger charge is -2.30. The van der Waals surface area contributed by atoms with Crippen LogP contribution in [-0.4, -0.2) is 33.5 Å². The lowest BCUT2D eigenvalue weighted by atomic mass is 9.75. The van der Waals surface area contributed by atoms with Crippen molar-refractivity contribution in [1.29, 1.82) is 0 Å². The van der Waals surface area contributed by atoms with Crippen molar-refractivity contribution in [3.8, 4) is 0 Å². The Morgan fingerprint density at radius 2 is 1.29 bits per heavy atom. The predicted octanol–water partition coefficient (Wildman–Crippen LogP) is 1.17. The normalized spacial score (nSPS) is 42.3. The van der Waals surface area contributed by atoms with Crippen molar-refractivity contribution in [2.45, 2.75) is 51.9 Å². The van der Waals surface area contributed by atoms with Crippen LogP contribution in [0.1, 0.15) is 34.1 Å². The molecule has 0 bridgehead atoms. The Kier molecular flexibility index (Phi) is 1.95. The Morgan fingerprint density at radius 1 is 0.929 bits per heavy atom. The van der Waals surface area contributed by atoms with E-state index in [0.29, 0.717) is 0 Å². The maximum Gasteiger partial charge on any atom is 0.138 e. The van der Waals surface area contributed by atoms with Crippen LogP contribution in [0.5, 0.6) is 0 Å². The fourth-order valence-corrected chi connectivity index (χ4v) is 3.06. The molecular weight excluding hydrogens is 174 g/mol. The van der Waals surface area contributed by atoms with E-state index < -0.39 is 5.59 Å². The smallest absolute Gasteiger partial charge is 0.138 e. The fraction of sp³-hybridized carbons (Fsp3) is 1.00. The molecule has 0 aromatic rings. The molecule has 2 atom stereocenters. The van der Waals surface area contributed by atoms with Crippen LogP contribution in [0.15, 0.2) is 0 Å². The SMILES string of the molecule is [B]C1([B])OC2C(O1)C(C)(C)CC2(C)C. The van der Waals surface area contributed by atoms with Crippen molar-refractivity contribution in [3.63, 3.8) is 0 Å². The van der Waals surface area contributed by atoms with Gasteiger partial charge in [-0.05, 0) is 17.3 Å². The van der Waals surface area contributed by atoms with Crippen molar-refractivity contribution in [3.05, 3.63) is 0 Å². The van der Waals surface area contributed by atoms with Gasteiger partial charge in [0.1, 0.15) is 15.7 Å². The van der Waals surface area contributed by atoms with Gasteiger partial charge in [0.25, 0.3) is 0 Å². The minimum absolute atomic E-state index is 0.00694. The lowest BCUT2D eigenvalue weighted by molar-refractivity contribution is -0.0825. The topological polar surface area (TPSA) is 18.5 Å². The van der Waals surface area contributed by atoms with Crippen LogP contribution < -0.4 is 0 Å². The Hall–Kier alpha value is 0.0499. The van der Waals surface area contributed by atoms with Gasteiger partial charge in [-0.3, -0.25) is 0 Å². The van der Waals surface area contributed by atoms with Crippen LogP contribution in [0.2, 0.25) is 0 Å². The van der Waals surface area contributed by atoms with Gasteiger partial charge in [-0.2, -0.15) is 0 Å². The van der Waals surface area contributed by atoms with E-state index in [0.717, 1.165) is 6.42 Å². The molecular formula is C10H16B2O2. The summed E-state index contributed by atoms with van der Waals surface area (Å²) in [7, 11) is 11.3. The maximum absolute atomic E-state index is 5.64. The first-order valence-corrected chi connectivity index (χ1v) is 5.07. The minimum Gasteiger partial charge on any atom is -0.362 e. The van der Waals surface area contributed by atoms with Crippen LogP contribution >= 0.6 is 0 Å². The molecule has 1 aliphatic heterocycles. The number of ether oxygens (including phenoxy) is 2. The average Bonchev–Trinajstić information content (AvgIpc) is 2.30. The number of hydrogen-bond donors (Lipinski definition) is 0. The highest BCUT2D eigenvalue weighted by Crippen LogP contribution is 2.55. The van der Waals surface area contributed by atoms with Crippen molar-refractivity contribution in [2.75, 3.05) is 0 Å². The summed E-state index contributed by atoms with van der Waals surface area (Å²) in [4.78, 5) is 0. The summed E-state index contributed by atoms with van der Waals surface area (Å²) < 4.78 is 11.1. The van der Waals surface area contributed by atoms with E-state index in [4.69, 9.17) is 25.2 Å². The summed E-state index contributed by atoms with van der Waals surface area (Å²) in [5, 5.41) is 0. The third-order valence-corrected chi connectivity index (χ3v) is 3.35. The Morgan fingerprint density at radius 3 is 1.64 bits per heavy atom. The standard InChI is InChI=1S/C10H16B2O2/c1-8(2)5-9(3,4)7-6(8)13-10(11,12)14-7/h6-7H,5H2,1-4H3. The summed E-state index contributed by atoms with van der Waals surface area (Å²) in [6.45, 7) is 8.68. The minimum atomic E-state index is -1.40. The van der Waals surface area contributed by atoms with Gasteiger partial charge in [-0.25, -0.2) is 0 Å². The second kappa shape index (κ2) is 2.59. The summed E-state index contributed by atoms with van der Waals surface area (Å²) in [5.41, 5.74) is -1.24. The molecule has 0 N–H and O–H groups in total. The second-order valence-electron chi connectivity index (χ2n) is 5.95. The summed E-state index contributed by atoms with van der Waals surface area (Å²) in [6, 6.07) is 0. The van der Waals surface area contributed by atoms with Crippen molar-refractivity contribution in [1.82, 2.24) is 0 Å². The van der Waals surface area contributed by atoms with Gasteiger partial charge >= 0.3 is 0 Å². The molecule has 0 aromatic heterocycles. The lowest BCUT2D eigenvalue weighted by Crippen LogP contribution is -2.36. The molecule has 1 aliphatic carbocycles. The summed E-state index contributed by atoms with van der Waals surface area (Å²) in [6.07, 6.45) is 1.07. The van der Waals surface area contributed by atoms with Gasteiger partial charge in [0.15, 0.2) is 0 Å². The van der Waals surface area contributed by atoms with Gasteiger partial charge in [0, 0.05) is 0 Å². The highest BCUT2D eigenvalue weighted by atomic mass is 16.7. The molecule has 2 nitrogen and oxygen atoms in total. The van der Waals surface area contributed by atoms with E-state index in [-0.39, 0.29) is 23.0 Å². The van der Waals surface area contributed by atoms with Gasteiger partial charge in [0.2, 0.25) is 0 Å². The molecule has 0 spiro atoms. The first-order chi connectivity index (χ1) is 6.14. The number of hydrogen-bond acceptors (Lipinski definition) is 2. The Balaban J connectivity index is 2.31. The molecule has 1 heterocycles. The molecule has 0 aromatic carbocycles. The van der Waals surface area contributed by atoms with Gasteiger partial charge in [-0.15, -0.1) is 0 Å². The van der Waals surface area contributed by atoms with Crippen molar-refractivity contribution >= 4 is 15.7 Å². The van der Waals surface area contributed by atoms with Crippen LogP contribution in [-0.2, 0) is 9.47 Å². The van der Waals surface area contributed by atoms with Crippen molar-refractivity contribution < 1.29 is 9.47 Å². The van der Waals surface area contributed by atoms with E-state index in [1.165, 1.54) is 0 Å². The van der Waals surface area contributed by atoms with Gasteiger partial charge in [0.05, 0.1) is 17.8 Å². The molecule has 4 heteroatoms. The van der Waals surface area contributed by atoms with Crippen molar-refractivity contribution in [2.24, 2.45) is 10.8 Å². The zero-order valence-corrected chi connectivity index (χ0v) is 9.33. The highest BCUT2D eigenvalue weighted by molar-refractivity contribution is 6.37. The highest BCUT2D eigenvalue weighted by Gasteiger charge is 2.60. The molecule has 2 rings (SSSR count). The monoisotopic (exact) mass is 190 g/mol.